The summed E-state index contributed by atoms with van der Waals surface area (Å²) < 4.78 is 5.07. The van der Waals surface area contributed by atoms with E-state index in [1.54, 1.807) is 6.07 Å². The molecule has 0 aromatic carbocycles. The summed E-state index contributed by atoms with van der Waals surface area (Å²) in [5, 5.41) is 6.65. The Morgan fingerprint density at radius 1 is 1.56 bits per heavy atom. The van der Waals surface area contributed by atoms with Crippen LogP contribution < -0.4 is 5.32 Å². The van der Waals surface area contributed by atoms with Crippen LogP contribution in [0.5, 0.6) is 0 Å². The summed E-state index contributed by atoms with van der Waals surface area (Å²) >= 11 is 0. The highest BCUT2D eigenvalue weighted by molar-refractivity contribution is 5.93. The van der Waals surface area contributed by atoms with Crippen LogP contribution in [0, 0.1) is 5.41 Å². The van der Waals surface area contributed by atoms with Crippen molar-refractivity contribution in [1.29, 1.82) is 0 Å². The molecule has 90 valence electrons. The minimum absolute atomic E-state index is 0.0700. The average Bonchev–Trinajstić information content (AvgIpc) is 2.63. The standard InChI is InChI=1S/C12H20N2O2/c1-6-8(2)9-7-10(16-14-9)13-11(15)12(3,4)5/h7-8H,6H2,1-5H3,(H,13,15). The van der Waals surface area contributed by atoms with Crippen molar-refractivity contribution in [3.05, 3.63) is 11.8 Å². The largest absolute Gasteiger partial charge is 0.338 e. The lowest BCUT2D eigenvalue weighted by Gasteiger charge is -2.15. The second-order valence-electron chi connectivity index (χ2n) is 5.13. The van der Waals surface area contributed by atoms with E-state index in [9.17, 15) is 4.79 Å². The lowest BCUT2D eigenvalue weighted by Crippen LogP contribution is -2.27. The molecule has 0 spiro atoms. The van der Waals surface area contributed by atoms with Gasteiger partial charge in [-0.2, -0.15) is 0 Å². The molecule has 1 unspecified atom stereocenters. The van der Waals surface area contributed by atoms with Gasteiger partial charge in [-0.3, -0.25) is 10.1 Å². The van der Waals surface area contributed by atoms with Gasteiger partial charge in [-0.15, -0.1) is 0 Å². The Labute approximate surface area is 96.4 Å². The van der Waals surface area contributed by atoms with E-state index in [0.717, 1.165) is 12.1 Å². The first-order valence-corrected chi connectivity index (χ1v) is 5.62. The van der Waals surface area contributed by atoms with E-state index in [2.05, 4.69) is 24.3 Å². The first kappa shape index (κ1) is 12.7. The Hall–Kier alpha value is -1.32. The Balaban J connectivity index is 2.69. The molecule has 0 aliphatic heterocycles. The maximum absolute atomic E-state index is 11.7. The number of anilines is 1. The molecule has 4 heteroatoms. The van der Waals surface area contributed by atoms with Crippen molar-refractivity contribution in [3.63, 3.8) is 0 Å². The predicted molar refractivity (Wildman–Crippen MR) is 63.3 cm³/mol. The van der Waals surface area contributed by atoms with Crippen molar-refractivity contribution < 1.29 is 9.32 Å². The molecule has 1 N–H and O–H groups in total. The van der Waals surface area contributed by atoms with E-state index in [0.29, 0.717) is 11.8 Å². The summed E-state index contributed by atoms with van der Waals surface area (Å²) in [5.41, 5.74) is 0.454. The lowest BCUT2D eigenvalue weighted by atomic mass is 9.96. The van der Waals surface area contributed by atoms with Crippen LogP contribution in [0.2, 0.25) is 0 Å². The van der Waals surface area contributed by atoms with E-state index in [1.165, 1.54) is 0 Å². The van der Waals surface area contributed by atoms with Crippen LogP contribution in [0.4, 0.5) is 5.88 Å². The number of carbonyl (C=O) groups excluding carboxylic acids is 1. The van der Waals surface area contributed by atoms with Gasteiger partial charge in [-0.25, -0.2) is 0 Å². The van der Waals surface area contributed by atoms with Gasteiger partial charge in [-0.1, -0.05) is 39.8 Å². The molecule has 16 heavy (non-hydrogen) atoms. The fourth-order valence-corrected chi connectivity index (χ4v) is 1.09. The van der Waals surface area contributed by atoms with Gasteiger partial charge >= 0.3 is 0 Å². The lowest BCUT2D eigenvalue weighted by molar-refractivity contribution is -0.123. The van der Waals surface area contributed by atoms with E-state index in [1.807, 2.05) is 20.8 Å². The number of amides is 1. The highest BCUT2D eigenvalue weighted by atomic mass is 16.5. The monoisotopic (exact) mass is 224 g/mol. The second-order valence-corrected chi connectivity index (χ2v) is 5.13. The number of rotatable bonds is 3. The van der Waals surface area contributed by atoms with Gasteiger partial charge in [0.05, 0.1) is 5.69 Å². The topological polar surface area (TPSA) is 55.1 Å². The molecule has 1 atom stereocenters. The summed E-state index contributed by atoms with van der Waals surface area (Å²) in [7, 11) is 0. The highest BCUT2D eigenvalue weighted by Gasteiger charge is 2.22. The van der Waals surface area contributed by atoms with Gasteiger partial charge in [0.2, 0.25) is 11.8 Å². The highest BCUT2D eigenvalue weighted by Crippen LogP contribution is 2.22. The molecule has 0 fully saturated rings. The molecule has 1 amide bonds. The third-order valence-corrected chi connectivity index (χ3v) is 2.56. The van der Waals surface area contributed by atoms with E-state index < -0.39 is 5.41 Å². The Bertz CT molecular complexity index is 363. The molecule has 0 saturated carbocycles. The molecule has 0 aliphatic rings. The quantitative estimate of drug-likeness (QED) is 0.857. The van der Waals surface area contributed by atoms with Gasteiger partial charge in [0.25, 0.3) is 0 Å². The number of hydrogen-bond acceptors (Lipinski definition) is 3. The SMILES string of the molecule is CCC(C)c1cc(NC(=O)C(C)(C)C)on1. The molecule has 0 saturated heterocycles. The van der Waals surface area contributed by atoms with Gasteiger partial charge in [-0.05, 0) is 6.42 Å². The molecule has 1 rings (SSSR count). The molecular formula is C12H20N2O2. The van der Waals surface area contributed by atoms with Crippen molar-refractivity contribution in [2.45, 2.75) is 47.0 Å². The van der Waals surface area contributed by atoms with Gasteiger partial charge in [0, 0.05) is 17.4 Å². The average molecular weight is 224 g/mol. The van der Waals surface area contributed by atoms with Crippen LogP contribution in [0.1, 0.15) is 52.7 Å². The first-order chi connectivity index (χ1) is 7.34. The Morgan fingerprint density at radius 3 is 2.69 bits per heavy atom. The van der Waals surface area contributed by atoms with Crippen molar-refractivity contribution in [2.75, 3.05) is 5.32 Å². The van der Waals surface area contributed by atoms with Gasteiger partial charge < -0.3 is 4.52 Å². The smallest absolute Gasteiger partial charge is 0.232 e. The Morgan fingerprint density at radius 2 is 2.19 bits per heavy atom. The normalized spacial score (nSPS) is 13.6. The van der Waals surface area contributed by atoms with Gasteiger partial charge in [0.1, 0.15) is 0 Å². The van der Waals surface area contributed by atoms with Crippen molar-refractivity contribution in [1.82, 2.24) is 5.16 Å². The van der Waals surface area contributed by atoms with Crippen LogP contribution >= 0.6 is 0 Å². The summed E-state index contributed by atoms with van der Waals surface area (Å²) in [6, 6.07) is 1.79. The third-order valence-electron chi connectivity index (χ3n) is 2.56. The molecule has 4 nitrogen and oxygen atoms in total. The number of nitrogens with zero attached hydrogens (tertiary/aromatic N) is 1. The maximum Gasteiger partial charge on any atom is 0.232 e. The van der Waals surface area contributed by atoms with Crippen LogP contribution in [-0.2, 0) is 4.79 Å². The molecule has 0 radical (unpaired) electrons. The molecule has 1 aromatic heterocycles. The van der Waals surface area contributed by atoms with E-state index >= 15 is 0 Å². The predicted octanol–water partition coefficient (Wildman–Crippen LogP) is 3.17. The molecule has 1 aromatic rings. The zero-order chi connectivity index (χ0) is 12.3. The second kappa shape index (κ2) is 4.68. The summed E-state index contributed by atoms with van der Waals surface area (Å²) in [5.74, 6) is 0.707. The molecule has 1 heterocycles. The van der Waals surface area contributed by atoms with E-state index in [-0.39, 0.29) is 5.91 Å². The van der Waals surface area contributed by atoms with Crippen LogP contribution in [0.15, 0.2) is 10.6 Å². The van der Waals surface area contributed by atoms with E-state index in [4.69, 9.17) is 4.52 Å². The van der Waals surface area contributed by atoms with Crippen LogP contribution in [0.3, 0.4) is 0 Å². The van der Waals surface area contributed by atoms with Crippen molar-refractivity contribution >= 4 is 11.8 Å². The minimum Gasteiger partial charge on any atom is -0.338 e. The minimum atomic E-state index is -0.427. The number of aromatic nitrogens is 1. The summed E-state index contributed by atoms with van der Waals surface area (Å²) in [6.45, 7) is 9.73. The number of hydrogen-bond donors (Lipinski definition) is 1. The van der Waals surface area contributed by atoms with Crippen LogP contribution in [-0.4, -0.2) is 11.1 Å². The number of carbonyl (C=O) groups is 1. The fourth-order valence-electron chi connectivity index (χ4n) is 1.09. The maximum atomic E-state index is 11.7. The molecular weight excluding hydrogens is 204 g/mol. The van der Waals surface area contributed by atoms with Crippen molar-refractivity contribution in [3.8, 4) is 0 Å². The molecule has 0 bridgehead atoms. The van der Waals surface area contributed by atoms with Crippen molar-refractivity contribution in [2.24, 2.45) is 5.41 Å². The zero-order valence-electron chi connectivity index (χ0n) is 10.6. The van der Waals surface area contributed by atoms with Crippen LogP contribution in [0.25, 0.3) is 0 Å². The fraction of sp³-hybridized carbons (Fsp3) is 0.667. The van der Waals surface area contributed by atoms with Gasteiger partial charge in [0.15, 0.2) is 0 Å². The summed E-state index contributed by atoms with van der Waals surface area (Å²) in [4.78, 5) is 11.7. The first-order valence-electron chi connectivity index (χ1n) is 5.62. The zero-order valence-corrected chi connectivity index (χ0v) is 10.6. The third kappa shape index (κ3) is 3.08. The number of nitrogens with one attached hydrogen (secondary N) is 1. The summed E-state index contributed by atoms with van der Waals surface area (Å²) in [6.07, 6.45) is 0.999. The Kier molecular flexibility index (Phi) is 3.73. The molecule has 0 aliphatic carbocycles.